The monoisotopic (exact) mass is 284 g/mol. The number of nitrogens with zero attached hydrogens (tertiary/aromatic N) is 1. The van der Waals surface area contributed by atoms with Gasteiger partial charge in [-0.3, -0.25) is 14.5 Å². The smallest absolute Gasteiger partial charge is 0.262 e. The van der Waals surface area contributed by atoms with Crippen LogP contribution in [0.1, 0.15) is 10.4 Å². The van der Waals surface area contributed by atoms with E-state index in [1.807, 2.05) is 0 Å². The molecule has 1 aliphatic rings. The zero-order valence-electron chi connectivity index (χ0n) is 10.9. The number of hydrogen-bond acceptors (Lipinski definition) is 4. The topological polar surface area (TPSA) is 89.9 Å². The average molecular weight is 284 g/mol. The quantitative estimate of drug-likeness (QED) is 0.695. The predicted molar refractivity (Wildman–Crippen MR) is 76.5 cm³/mol. The summed E-state index contributed by atoms with van der Waals surface area (Å²) in [7, 11) is 0. The largest absolute Gasteiger partial charge is 0.504 e. The lowest BCUT2D eigenvalue weighted by Gasteiger charge is -2.29. The summed E-state index contributed by atoms with van der Waals surface area (Å²) in [4.78, 5) is 25.5. The third-order valence-corrected chi connectivity index (χ3v) is 3.26. The highest BCUT2D eigenvalue weighted by atomic mass is 16.3. The lowest BCUT2D eigenvalue weighted by Crippen LogP contribution is -2.42. The third kappa shape index (κ3) is 2.16. The van der Waals surface area contributed by atoms with Crippen molar-refractivity contribution in [1.82, 2.24) is 0 Å². The third-order valence-electron chi connectivity index (χ3n) is 3.26. The Morgan fingerprint density at radius 2 is 1.86 bits per heavy atom. The first-order valence-corrected chi connectivity index (χ1v) is 6.29. The zero-order valence-corrected chi connectivity index (χ0v) is 10.9. The molecule has 0 fully saturated rings. The van der Waals surface area contributed by atoms with E-state index >= 15 is 0 Å². The molecule has 1 heterocycles. The van der Waals surface area contributed by atoms with E-state index in [9.17, 15) is 19.8 Å². The molecule has 106 valence electrons. The average Bonchev–Trinajstić information content (AvgIpc) is 2.48. The van der Waals surface area contributed by atoms with Crippen molar-refractivity contribution in [1.29, 1.82) is 0 Å². The van der Waals surface area contributed by atoms with E-state index in [2.05, 4.69) is 5.32 Å². The number of aromatic hydroxyl groups is 2. The summed E-state index contributed by atoms with van der Waals surface area (Å²) in [5, 5.41) is 22.0. The van der Waals surface area contributed by atoms with E-state index in [4.69, 9.17) is 0 Å². The Labute approximate surface area is 120 Å². The van der Waals surface area contributed by atoms with E-state index in [0.717, 1.165) is 0 Å². The van der Waals surface area contributed by atoms with Gasteiger partial charge in [-0.05, 0) is 24.3 Å². The van der Waals surface area contributed by atoms with Crippen LogP contribution in [0, 0.1) is 0 Å². The highest BCUT2D eigenvalue weighted by Gasteiger charge is 2.29. The molecule has 0 radical (unpaired) electrons. The predicted octanol–water partition coefficient (Wildman–Crippen LogP) is 1.70. The number of carbonyl (C=O) groups excluding carboxylic acids is 2. The first-order valence-electron chi connectivity index (χ1n) is 6.29. The van der Waals surface area contributed by atoms with Gasteiger partial charge in [0.15, 0.2) is 11.5 Å². The molecule has 2 aromatic rings. The minimum Gasteiger partial charge on any atom is -0.504 e. The Balaban J connectivity index is 2.06. The van der Waals surface area contributed by atoms with Crippen LogP contribution in [0.4, 0.5) is 11.4 Å². The van der Waals surface area contributed by atoms with Gasteiger partial charge in [-0.25, -0.2) is 0 Å². The molecule has 3 N–H and O–H groups in total. The van der Waals surface area contributed by atoms with E-state index in [0.29, 0.717) is 11.4 Å². The molecule has 2 aromatic carbocycles. The Morgan fingerprint density at radius 3 is 2.67 bits per heavy atom. The number of fused-ring (bicyclic) bond motifs is 1. The van der Waals surface area contributed by atoms with E-state index in [-0.39, 0.29) is 23.8 Å². The molecule has 1 aliphatic heterocycles. The van der Waals surface area contributed by atoms with Crippen molar-refractivity contribution in [2.24, 2.45) is 0 Å². The highest BCUT2D eigenvalue weighted by Crippen LogP contribution is 2.34. The van der Waals surface area contributed by atoms with Gasteiger partial charge in [0.25, 0.3) is 5.91 Å². The van der Waals surface area contributed by atoms with Crippen LogP contribution >= 0.6 is 0 Å². The molecular weight excluding hydrogens is 272 g/mol. The van der Waals surface area contributed by atoms with Crippen LogP contribution in [0.25, 0.3) is 0 Å². The number of phenols is 2. The highest BCUT2D eigenvalue weighted by molar-refractivity contribution is 6.16. The number of amides is 2. The molecule has 0 spiro atoms. The summed E-state index contributed by atoms with van der Waals surface area (Å²) in [6.07, 6.45) is 0. The summed E-state index contributed by atoms with van der Waals surface area (Å²) in [5.74, 6) is -1.74. The summed E-state index contributed by atoms with van der Waals surface area (Å²) < 4.78 is 0. The van der Waals surface area contributed by atoms with Crippen molar-refractivity contribution in [2.45, 2.75) is 0 Å². The summed E-state index contributed by atoms with van der Waals surface area (Å²) in [6, 6.07) is 11.0. The van der Waals surface area contributed by atoms with Gasteiger partial charge in [0.05, 0.1) is 16.9 Å². The number of para-hydroxylation sites is 3. The number of carbonyl (C=O) groups is 2. The normalized spacial score (nSPS) is 13.5. The van der Waals surface area contributed by atoms with Crippen molar-refractivity contribution >= 4 is 23.2 Å². The molecule has 0 aliphatic carbocycles. The Kier molecular flexibility index (Phi) is 2.98. The molecule has 0 bridgehead atoms. The minimum atomic E-state index is -0.550. The van der Waals surface area contributed by atoms with Crippen molar-refractivity contribution in [3.05, 3.63) is 48.0 Å². The SMILES string of the molecule is O=C1CN(C(=O)c2cccc(O)c2O)c2ccccc2N1. The van der Waals surface area contributed by atoms with Crippen LogP contribution < -0.4 is 10.2 Å². The first-order chi connectivity index (χ1) is 10.1. The molecule has 3 rings (SSSR count). The fourth-order valence-corrected chi connectivity index (χ4v) is 2.26. The second kappa shape index (κ2) is 4.82. The van der Waals surface area contributed by atoms with Crippen LogP contribution in [-0.4, -0.2) is 28.6 Å². The van der Waals surface area contributed by atoms with E-state index in [1.165, 1.54) is 23.1 Å². The number of nitrogens with one attached hydrogen (secondary N) is 1. The minimum absolute atomic E-state index is 0.0560. The standard InChI is InChI=1S/C15H12N2O4/c18-12-7-3-4-9(14(12)20)15(21)17-8-13(19)16-10-5-1-2-6-11(10)17/h1-7,18,20H,8H2,(H,16,19). The fraction of sp³-hybridized carbons (Fsp3) is 0.0667. The van der Waals surface area contributed by atoms with Crippen LogP contribution in [0.2, 0.25) is 0 Å². The fourth-order valence-electron chi connectivity index (χ4n) is 2.26. The molecule has 0 aromatic heterocycles. The van der Waals surface area contributed by atoms with Gasteiger partial charge >= 0.3 is 0 Å². The van der Waals surface area contributed by atoms with Crippen LogP contribution in [0.5, 0.6) is 11.5 Å². The maximum atomic E-state index is 12.6. The van der Waals surface area contributed by atoms with E-state index < -0.39 is 11.7 Å². The van der Waals surface area contributed by atoms with Gasteiger partial charge in [-0.1, -0.05) is 18.2 Å². The number of hydrogen-bond donors (Lipinski definition) is 3. The number of rotatable bonds is 1. The van der Waals surface area contributed by atoms with Gasteiger partial charge in [-0.15, -0.1) is 0 Å². The number of phenolic OH excluding ortho intramolecular Hbond substituents is 2. The lowest BCUT2D eigenvalue weighted by molar-refractivity contribution is -0.115. The zero-order chi connectivity index (χ0) is 15.0. The second-order valence-electron chi connectivity index (χ2n) is 4.63. The van der Waals surface area contributed by atoms with Crippen molar-refractivity contribution in [3.63, 3.8) is 0 Å². The molecular formula is C15H12N2O4. The van der Waals surface area contributed by atoms with E-state index in [1.54, 1.807) is 24.3 Å². The number of anilines is 2. The summed E-state index contributed by atoms with van der Waals surface area (Å²) >= 11 is 0. The van der Waals surface area contributed by atoms with Crippen LogP contribution in [-0.2, 0) is 4.79 Å². The molecule has 0 atom stereocenters. The maximum absolute atomic E-state index is 12.6. The molecule has 21 heavy (non-hydrogen) atoms. The van der Waals surface area contributed by atoms with Gasteiger partial charge in [0.1, 0.15) is 6.54 Å². The molecule has 6 heteroatoms. The van der Waals surface area contributed by atoms with Gasteiger partial charge in [0, 0.05) is 0 Å². The lowest BCUT2D eigenvalue weighted by atomic mass is 10.1. The molecule has 0 unspecified atom stereocenters. The Morgan fingerprint density at radius 1 is 1.10 bits per heavy atom. The molecule has 6 nitrogen and oxygen atoms in total. The Hall–Kier alpha value is -3.02. The van der Waals surface area contributed by atoms with Crippen LogP contribution in [0.15, 0.2) is 42.5 Å². The van der Waals surface area contributed by atoms with Crippen molar-refractivity contribution in [3.8, 4) is 11.5 Å². The van der Waals surface area contributed by atoms with Gasteiger partial charge in [-0.2, -0.15) is 0 Å². The summed E-state index contributed by atoms with van der Waals surface area (Å²) in [5.41, 5.74) is 1.02. The summed E-state index contributed by atoms with van der Waals surface area (Å²) in [6.45, 7) is -0.148. The van der Waals surface area contributed by atoms with Gasteiger partial charge in [0.2, 0.25) is 5.91 Å². The van der Waals surface area contributed by atoms with Crippen molar-refractivity contribution < 1.29 is 19.8 Å². The molecule has 0 saturated heterocycles. The van der Waals surface area contributed by atoms with Crippen molar-refractivity contribution in [2.75, 3.05) is 16.8 Å². The number of benzene rings is 2. The van der Waals surface area contributed by atoms with Crippen LogP contribution in [0.3, 0.4) is 0 Å². The van der Waals surface area contributed by atoms with Gasteiger partial charge < -0.3 is 15.5 Å². The Bertz CT molecular complexity index is 742. The molecule has 0 saturated carbocycles. The second-order valence-corrected chi connectivity index (χ2v) is 4.63. The maximum Gasteiger partial charge on any atom is 0.262 e. The first kappa shape index (κ1) is 13.0. The molecule has 2 amide bonds.